The molecule has 0 aromatic rings. The molecule has 2 rings (SSSR count). The third-order valence-electron chi connectivity index (χ3n) is 2.49. The van der Waals surface area contributed by atoms with Gasteiger partial charge >= 0.3 is 5.97 Å². The largest absolute Gasteiger partial charge is 0.494 e. The molecule has 0 aromatic carbocycles. The average molecular weight is 243 g/mol. The molecule has 1 N–H and O–H groups in total. The summed E-state index contributed by atoms with van der Waals surface area (Å²) in [5.41, 5.74) is 0. The molecule has 2 aliphatic heterocycles. The molecule has 94 valence electrons. The van der Waals surface area contributed by atoms with E-state index < -0.39 is 12.1 Å². The SMILES string of the molecule is O=C(O)C1CN(C(=O)C2=COCCO2)CCO1. The molecule has 2 heterocycles. The smallest absolute Gasteiger partial charge is 0.334 e. The second kappa shape index (κ2) is 5.05. The van der Waals surface area contributed by atoms with E-state index in [2.05, 4.69) is 0 Å². The van der Waals surface area contributed by atoms with Gasteiger partial charge in [0.05, 0.1) is 13.2 Å². The van der Waals surface area contributed by atoms with Crippen LogP contribution in [-0.2, 0) is 23.8 Å². The first-order chi connectivity index (χ1) is 8.18. The molecule has 1 saturated heterocycles. The summed E-state index contributed by atoms with van der Waals surface area (Å²) in [4.78, 5) is 24.1. The summed E-state index contributed by atoms with van der Waals surface area (Å²) in [5.74, 6) is -1.32. The number of carbonyl (C=O) groups excluding carboxylic acids is 1. The number of nitrogens with zero attached hydrogens (tertiary/aromatic N) is 1. The summed E-state index contributed by atoms with van der Waals surface area (Å²) in [6, 6.07) is 0. The van der Waals surface area contributed by atoms with Crippen LogP contribution >= 0.6 is 0 Å². The van der Waals surface area contributed by atoms with Crippen LogP contribution in [0, 0.1) is 0 Å². The number of ether oxygens (including phenoxy) is 3. The Balaban J connectivity index is 1.99. The zero-order chi connectivity index (χ0) is 12.3. The summed E-state index contributed by atoms with van der Waals surface area (Å²) in [6.07, 6.45) is 0.287. The molecule has 0 radical (unpaired) electrons. The lowest BCUT2D eigenvalue weighted by atomic mass is 10.2. The van der Waals surface area contributed by atoms with Gasteiger partial charge in [-0.25, -0.2) is 4.79 Å². The minimum atomic E-state index is -1.07. The van der Waals surface area contributed by atoms with Crippen molar-refractivity contribution in [3.8, 4) is 0 Å². The number of carboxylic acid groups (broad SMARTS) is 1. The lowest BCUT2D eigenvalue weighted by Crippen LogP contribution is -2.49. The Hall–Kier alpha value is -1.76. The van der Waals surface area contributed by atoms with Crippen LogP contribution in [0.1, 0.15) is 0 Å². The molecule has 0 spiro atoms. The molecule has 1 fully saturated rings. The minimum absolute atomic E-state index is 0.0227. The van der Waals surface area contributed by atoms with Gasteiger partial charge in [0, 0.05) is 6.54 Å². The van der Waals surface area contributed by atoms with Crippen LogP contribution in [0.15, 0.2) is 12.0 Å². The second-order valence-electron chi connectivity index (χ2n) is 3.65. The molecule has 1 amide bonds. The highest BCUT2D eigenvalue weighted by Gasteiger charge is 2.31. The third-order valence-corrected chi connectivity index (χ3v) is 2.49. The number of hydrogen-bond acceptors (Lipinski definition) is 5. The molecule has 17 heavy (non-hydrogen) atoms. The Morgan fingerprint density at radius 3 is 2.82 bits per heavy atom. The van der Waals surface area contributed by atoms with Crippen LogP contribution in [0.5, 0.6) is 0 Å². The fourth-order valence-corrected chi connectivity index (χ4v) is 1.62. The number of aliphatic carboxylic acids is 1. The summed E-state index contributed by atoms with van der Waals surface area (Å²) in [7, 11) is 0. The molecule has 7 nitrogen and oxygen atoms in total. The first-order valence-electron chi connectivity index (χ1n) is 5.27. The van der Waals surface area contributed by atoms with Crippen LogP contribution in [0.3, 0.4) is 0 Å². The molecule has 1 atom stereocenters. The maximum atomic E-state index is 11.9. The summed E-state index contributed by atoms with van der Waals surface area (Å²) in [6.45, 7) is 1.32. The van der Waals surface area contributed by atoms with E-state index in [4.69, 9.17) is 19.3 Å². The van der Waals surface area contributed by atoms with Crippen LogP contribution in [0.2, 0.25) is 0 Å². The average Bonchev–Trinajstić information content (AvgIpc) is 2.39. The quantitative estimate of drug-likeness (QED) is 0.682. The fourth-order valence-electron chi connectivity index (χ4n) is 1.62. The van der Waals surface area contributed by atoms with Crippen molar-refractivity contribution in [3.05, 3.63) is 12.0 Å². The fraction of sp³-hybridized carbons (Fsp3) is 0.600. The van der Waals surface area contributed by atoms with Crippen molar-refractivity contribution in [2.75, 3.05) is 32.9 Å². The van der Waals surface area contributed by atoms with Gasteiger partial charge < -0.3 is 24.2 Å². The molecular weight excluding hydrogens is 230 g/mol. The van der Waals surface area contributed by atoms with Gasteiger partial charge in [0.25, 0.3) is 5.91 Å². The lowest BCUT2D eigenvalue weighted by molar-refractivity contribution is -0.159. The van der Waals surface area contributed by atoms with Crippen LogP contribution in [0.4, 0.5) is 0 Å². The van der Waals surface area contributed by atoms with Gasteiger partial charge in [0.2, 0.25) is 5.76 Å². The van der Waals surface area contributed by atoms with Crippen molar-refractivity contribution in [3.63, 3.8) is 0 Å². The van der Waals surface area contributed by atoms with Crippen molar-refractivity contribution >= 4 is 11.9 Å². The maximum absolute atomic E-state index is 11.9. The van der Waals surface area contributed by atoms with Gasteiger partial charge in [-0.05, 0) is 0 Å². The molecule has 0 aliphatic carbocycles. The first kappa shape index (κ1) is 11.7. The third kappa shape index (κ3) is 2.68. The van der Waals surface area contributed by atoms with E-state index in [9.17, 15) is 9.59 Å². The molecule has 0 saturated carbocycles. The van der Waals surface area contributed by atoms with Crippen molar-refractivity contribution in [2.45, 2.75) is 6.10 Å². The highest BCUT2D eigenvalue weighted by Crippen LogP contribution is 2.12. The Morgan fingerprint density at radius 2 is 2.18 bits per heavy atom. The minimum Gasteiger partial charge on any atom is -0.494 e. The summed E-state index contributed by atoms with van der Waals surface area (Å²) >= 11 is 0. The zero-order valence-electron chi connectivity index (χ0n) is 9.13. The van der Waals surface area contributed by atoms with E-state index >= 15 is 0 Å². The van der Waals surface area contributed by atoms with Crippen molar-refractivity contribution in [2.24, 2.45) is 0 Å². The van der Waals surface area contributed by atoms with E-state index in [0.717, 1.165) is 0 Å². The molecule has 0 aromatic heterocycles. The van der Waals surface area contributed by atoms with Gasteiger partial charge in [0.15, 0.2) is 6.10 Å². The van der Waals surface area contributed by atoms with Gasteiger partial charge in [-0.2, -0.15) is 0 Å². The van der Waals surface area contributed by atoms with Gasteiger partial charge in [0.1, 0.15) is 19.5 Å². The summed E-state index contributed by atoms with van der Waals surface area (Å²) in [5, 5.41) is 8.81. The normalized spacial score (nSPS) is 24.4. The predicted octanol–water partition coefficient (Wildman–Crippen LogP) is -0.813. The van der Waals surface area contributed by atoms with E-state index in [1.807, 2.05) is 0 Å². The van der Waals surface area contributed by atoms with Crippen LogP contribution < -0.4 is 0 Å². The van der Waals surface area contributed by atoms with Gasteiger partial charge in [-0.3, -0.25) is 4.79 Å². The van der Waals surface area contributed by atoms with Crippen molar-refractivity contribution in [1.29, 1.82) is 0 Å². The molecule has 1 unspecified atom stereocenters. The maximum Gasteiger partial charge on any atom is 0.334 e. The standard InChI is InChI=1S/C10H13NO6/c12-9(8-6-15-3-4-17-8)11-1-2-16-7(5-11)10(13)14/h6-7H,1-5H2,(H,13,14). The molecule has 2 aliphatic rings. The van der Waals surface area contributed by atoms with Crippen LogP contribution in [-0.4, -0.2) is 60.9 Å². The number of morpholine rings is 1. The summed E-state index contributed by atoms with van der Waals surface area (Å²) < 4.78 is 15.2. The monoisotopic (exact) mass is 243 g/mol. The van der Waals surface area contributed by atoms with Crippen molar-refractivity contribution in [1.82, 2.24) is 4.90 Å². The van der Waals surface area contributed by atoms with E-state index in [-0.39, 0.29) is 24.8 Å². The van der Waals surface area contributed by atoms with Gasteiger partial charge in [-0.15, -0.1) is 0 Å². The van der Waals surface area contributed by atoms with Crippen LogP contribution in [0.25, 0.3) is 0 Å². The number of carboxylic acids is 1. The number of hydrogen-bond donors (Lipinski definition) is 1. The van der Waals surface area contributed by atoms with Crippen molar-refractivity contribution < 1.29 is 28.9 Å². The van der Waals surface area contributed by atoms with E-state index in [1.165, 1.54) is 11.2 Å². The Kier molecular flexibility index (Phi) is 3.48. The first-order valence-corrected chi connectivity index (χ1v) is 5.27. The number of amides is 1. The van der Waals surface area contributed by atoms with Gasteiger partial charge in [-0.1, -0.05) is 0 Å². The predicted molar refractivity (Wildman–Crippen MR) is 53.9 cm³/mol. The highest BCUT2D eigenvalue weighted by atomic mass is 16.6. The number of carbonyl (C=O) groups is 2. The second-order valence-corrected chi connectivity index (χ2v) is 3.65. The Bertz CT molecular complexity index is 353. The molecule has 7 heteroatoms. The molecule has 0 bridgehead atoms. The molecular formula is C10H13NO6. The van der Waals surface area contributed by atoms with E-state index in [1.54, 1.807) is 0 Å². The lowest BCUT2D eigenvalue weighted by Gasteiger charge is -2.31. The number of rotatable bonds is 2. The van der Waals surface area contributed by atoms with E-state index in [0.29, 0.717) is 19.8 Å². The zero-order valence-corrected chi connectivity index (χ0v) is 9.13. The highest BCUT2D eigenvalue weighted by molar-refractivity contribution is 5.91. The Labute approximate surface area is 97.5 Å². The Morgan fingerprint density at radius 1 is 1.35 bits per heavy atom. The topological polar surface area (TPSA) is 85.3 Å².